The SMILES string of the molecule is CCOC(=O)c1cc2c(nc1C(C)C)CCSC2. The number of aromatic nitrogens is 1. The Bertz CT molecular complexity index is 457. The number of aryl methyl sites for hydroxylation is 1. The number of hydrogen-bond acceptors (Lipinski definition) is 4. The smallest absolute Gasteiger partial charge is 0.339 e. The zero-order chi connectivity index (χ0) is 13.1. The van der Waals surface area contributed by atoms with Gasteiger partial charge in [0, 0.05) is 11.4 Å². The minimum absolute atomic E-state index is 0.240. The fourth-order valence-corrected chi connectivity index (χ4v) is 3.07. The van der Waals surface area contributed by atoms with Crippen LogP contribution in [0.1, 0.15) is 54.0 Å². The summed E-state index contributed by atoms with van der Waals surface area (Å²) in [7, 11) is 0. The van der Waals surface area contributed by atoms with Crippen molar-refractivity contribution in [2.75, 3.05) is 12.4 Å². The summed E-state index contributed by atoms with van der Waals surface area (Å²) in [5.41, 5.74) is 3.87. The van der Waals surface area contributed by atoms with E-state index in [4.69, 9.17) is 9.72 Å². The van der Waals surface area contributed by atoms with Crippen molar-refractivity contribution in [3.05, 3.63) is 28.6 Å². The normalized spacial score (nSPS) is 14.4. The summed E-state index contributed by atoms with van der Waals surface area (Å²) in [6, 6.07) is 1.99. The summed E-state index contributed by atoms with van der Waals surface area (Å²) in [6.07, 6.45) is 1.00. The first-order valence-electron chi connectivity index (χ1n) is 6.41. The molecule has 1 aliphatic heterocycles. The molecule has 98 valence electrons. The lowest BCUT2D eigenvalue weighted by atomic mass is 10.00. The Morgan fingerprint density at radius 1 is 1.56 bits per heavy atom. The number of thioether (sulfide) groups is 1. The standard InChI is InChI=1S/C14H19NO2S/c1-4-17-14(16)11-7-10-8-18-6-5-12(10)15-13(11)9(2)3/h7,9H,4-6,8H2,1-3H3. The monoisotopic (exact) mass is 265 g/mol. The molecule has 2 rings (SSSR count). The van der Waals surface area contributed by atoms with E-state index in [9.17, 15) is 4.79 Å². The van der Waals surface area contributed by atoms with E-state index < -0.39 is 0 Å². The molecule has 0 radical (unpaired) electrons. The van der Waals surface area contributed by atoms with E-state index in [1.807, 2.05) is 24.8 Å². The first kappa shape index (κ1) is 13.4. The molecule has 0 saturated heterocycles. The van der Waals surface area contributed by atoms with Crippen LogP contribution in [0.15, 0.2) is 6.07 Å². The van der Waals surface area contributed by atoms with Crippen molar-refractivity contribution in [2.24, 2.45) is 0 Å². The maximum Gasteiger partial charge on any atom is 0.339 e. The van der Waals surface area contributed by atoms with Gasteiger partial charge >= 0.3 is 5.97 Å². The Morgan fingerprint density at radius 3 is 3.00 bits per heavy atom. The highest BCUT2D eigenvalue weighted by atomic mass is 32.2. The highest BCUT2D eigenvalue weighted by Gasteiger charge is 2.21. The molecule has 0 N–H and O–H groups in total. The van der Waals surface area contributed by atoms with E-state index >= 15 is 0 Å². The van der Waals surface area contributed by atoms with E-state index in [0.29, 0.717) is 12.2 Å². The van der Waals surface area contributed by atoms with E-state index in [1.54, 1.807) is 0 Å². The molecule has 0 saturated carbocycles. The van der Waals surface area contributed by atoms with Gasteiger partial charge in [-0.25, -0.2) is 4.79 Å². The molecular formula is C14H19NO2S. The van der Waals surface area contributed by atoms with Gasteiger partial charge < -0.3 is 4.74 Å². The molecule has 0 aromatic carbocycles. The van der Waals surface area contributed by atoms with E-state index in [0.717, 1.165) is 29.3 Å². The van der Waals surface area contributed by atoms with Gasteiger partial charge in [0.15, 0.2) is 0 Å². The fraction of sp³-hybridized carbons (Fsp3) is 0.571. The maximum absolute atomic E-state index is 12.0. The van der Waals surface area contributed by atoms with Crippen molar-refractivity contribution < 1.29 is 9.53 Å². The lowest BCUT2D eigenvalue weighted by molar-refractivity contribution is 0.0524. The van der Waals surface area contributed by atoms with Gasteiger partial charge in [0.05, 0.1) is 17.9 Å². The molecule has 1 aromatic rings. The summed E-state index contributed by atoms with van der Waals surface area (Å²) < 4.78 is 5.12. The molecular weight excluding hydrogens is 246 g/mol. The Hall–Kier alpha value is -1.03. The number of hydrogen-bond donors (Lipinski definition) is 0. The minimum Gasteiger partial charge on any atom is -0.462 e. The van der Waals surface area contributed by atoms with Crippen molar-refractivity contribution >= 4 is 17.7 Å². The number of nitrogens with zero attached hydrogens (tertiary/aromatic N) is 1. The van der Waals surface area contributed by atoms with Crippen LogP contribution in [0.5, 0.6) is 0 Å². The van der Waals surface area contributed by atoms with Crippen LogP contribution >= 0.6 is 11.8 Å². The molecule has 2 heterocycles. The maximum atomic E-state index is 12.0. The zero-order valence-electron chi connectivity index (χ0n) is 11.2. The van der Waals surface area contributed by atoms with Crippen LogP contribution in [-0.4, -0.2) is 23.3 Å². The first-order chi connectivity index (χ1) is 8.63. The van der Waals surface area contributed by atoms with Crippen LogP contribution in [0.25, 0.3) is 0 Å². The lowest BCUT2D eigenvalue weighted by Gasteiger charge is -2.19. The number of pyridine rings is 1. The van der Waals surface area contributed by atoms with Crippen molar-refractivity contribution in [3.63, 3.8) is 0 Å². The molecule has 0 unspecified atom stereocenters. The molecule has 18 heavy (non-hydrogen) atoms. The largest absolute Gasteiger partial charge is 0.462 e. The first-order valence-corrected chi connectivity index (χ1v) is 7.56. The van der Waals surface area contributed by atoms with Crippen LogP contribution < -0.4 is 0 Å². The average molecular weight is 265 g/mol. The molecule has 0 atom stereocenters. The molecule has 1 aliphatic rings. The van der Waals surface area contributed by atoms with Crippen molar-refractivity contribution in [3.8, 4) is 0 Å². The predicted octanol–water partition coefficient (Wildman–Crippen LogP) is 3.17. The number of esters is 1. The second-order valence-corrected chi connectivity index (χ2v) is 5.81. The van der Waals surface area contributed by atoms with Gasteiger partial charge in [-0.05, 0) is 36.6 Å². The molecule has 1 aromatic heterocycles. The second-order valence-electron chi connectivity index (χ2n) is 4.70. The minimum atomic E-state index is -0.243. The Labute approximate surface area is 112 Å². The third kappa shape index (κ3) is 2.69. The average Bonchev–Trinajstić information content (AvgIpc) is 2.37. The van der Waals surface area contributed by atoms with Crippen molar-refractivity contribution in [2.45, 2.75) is 38.9 Å². The molecule has 0 aliphatic carbocycles. The number of ether oxygens (including phenoxy) is 1. The van der Waals surface area contributed by atoms with Gasteiger partial charge in [-0.3, -0.25) is 4.98 Å². The van der Waals surface area contributed by atoms with E-state index in [-0.39, 0.29) is 11.9 Å². The third-order valence-corrected chi connectivity index (χ3v) is 4.01. The lowest BCUT2D eigenvalue weighted by Crippen LogP contribution is -2.15. The fourth-order valence-electron chi connectivity index (χ4n) is 2.11. The number of rotatable bonds is 3. The highest BCUT2D eigenvalue weighted by molar-refractivity contribution is 7.98. The van der Waals surface area contributed by atoms with Gasteiger partial charge in [0.1, 0.15) is 0 Å². The summed E-state index contributed by atoms with van der Waals surface area (Å²) >= 11 is 1.89. The van der Waals surface area contributed by atoms with E-state index in [1.165, 1.54) is 5.56 Å². The molecule has 4 heteroatoms. The van der Waals surface area contributed by atoms with Gasteiger partial charge in [-0.2, -0.15) is 11.8 Å². The van der Waals surface area contributed by atoms with Crippen LogP contribution in [0, 0.1) is 0 Å². The van der Waals surface area contributed by atoms with Gasteiger partial charge in [-0.15, -0.1) is 0 Å². The number of fused-ring (bicyclic) bond motifs is 1. The third-order valence-electron chi connectivity index (χ3n) is 3.00. The molecule has 0 amide bonds. The van der Waals surface area contributed by atoms with Crippen molar-refractivity contribution in [1.82, 2.24) is 4.98 Å². The van der Waals surface area contributed by atoms with Gasteiger partial charge in [0.25, 0.3) is 0 Å². The zero-order valence-corrected chi connectivity index (χ0v) is 12.0. The quantitative estimate of drug-likeness (QED) is 0.787. The van der Waals surface area contributed by atoms with Crippen LogP contribution in [0.2, 0.25) is 0 Å². The molecule has 0 spiro atoms. The topological polar surface area (TPSA) is 39.2 Å². The molecule has 3 nitrogen and oxygen atoms in total. The Kier molecular flexibility index (Phi) is 4.27. The Morgan fingerprint density at radius 2 is 2.33 bits per heavy atom. The van der Waals surface area contributed by atoms with Crippen molar-refractivity contribution in [1.29, 1.82) is 0 Å². The summed E-state index contributed by atoms with van der Waals surface area (Å²) in [4.78, 5) is 16.7. The van der Waals surface area contributed by atoms with Crippen LogP contribution in [0.3, 0.4) is 0 Å². The van der Waals surface area contributed by atoms with Crippen LogP contribution in [0.4, 0.5) is 0 Å². The van der Waals surface area contributed by atoms with Gasteiger partial charge in [-0.1, -0.05) is 13.8 Å². The number of carbonyl (C=O) groups is 1. The number of carbonyl (C=O) groups excluding carboxylic acids is 1. The summed E-state index contributed by atoms with van der Waals surface area (Å²) in [5.74, 6) is 2.07. The molecule has 0 bridgehead atoms. The molecule has 0 fully saturated rings. The van der Waals surface area contributed by atoms with Gasteiger partial charge in [0.2, 0.25) is 0 Å². The van der Waals surface area contributed by atoms with Crippen LogP contribution in [-0.2, 0) is 16.9 Å². The Balaban J connectivity index is 2.45. The summed E-state index contributed by atoms with van der Waals surface area (Å²) in [6.45, 7) is 6.36. The van der Waals surface area contributed by atoms with E-state index in [2.05, 4.69) is 13.8 Å². The predicted molar refractivity (Wildman–Crippen MR) is 74.1 cm³/mol. The highest BCUT2D eigenvalue weighted by Crippen LogP contribution is 2.28. The summed E-state index contributed by atoms with van der Waals surface area (Å²) in [5, 5.41) is 0. The second kappa shape index (κ2) is 5.74.